The van der Waals surface area contributed by atoms with Crippen LogP contribution in [0.15, 0.2) is 5.03 Å². The summed E-state index contributed by atoms with van der Waals surface area (Å²) in [4.78, 5) is 8.69. The lowest BCUT2D eigenvalue weighted by atomic mass is 10.3. The van der Waals surface area contributed by atoms with E-state index in [4.69, 9.17) is 5.11 Å². The van der Waals surface area contributed by atoms with Crippen molar-refractivity contribution in [1.82, 2.24) is 9.97 Å². The van der Waals surface area contributed by atoms with Gasteiger partial charge < -0.3 is 10.4 Å². The summed E-state index contributed by atoms with van der Waals surface area (Å²) in [6.45, 7) is 6.93. The molecule has 0 amide bonds. The highest BCUT2D eigenvalue weighted by Gasteiger charge is 2.08. The van der Waals surface area contributed by atoms with Crippen LogP contribution >= 0.6 is 11.8 Å². The second-order valence-corrected chi connectivity index (χ2v) is 4.24. The number of hydrogen-bond donors (Lipinski definition) is 2. The van der Waals surface area contributed by atoms with Crippen LogP contribution in [0.2, 0.25) is 0 Å². The summed E-state index contributed by atoms with van der Waals surface area (Å²) in [5, 5.41) is 12.9. The van der Waals surface area contributed by atoms with Crippen LogP contribution < -0.4 is 5.32 Å². The molecule has 2 N–H and O–H groups in total. The van der Waals surface area contributed by atoms with E-state index in [0.29, 0.717) is 5.75 Å². The number of anilines is 1. The van der Waals surface area contributed by atoms with Crippen LogP contribution in [-0.4, -0.2) is 34.0 Å². The molecule has 0 spiro atoms. The summed E-state index contributed by atoms with van der Waals surface area (Å²) in [7, 11) is 0. The topological polar surface area (TPSA) is 58.0 Å². The maximum atomic E-state index is 8.78. The van der Waals surface area contributed by atoms with Gasteiger partial charge in [0.15, 0.2) is 0 Å². The molecular formula is C10H17N3OS. The van der Waals surface area contributed by atoms with Crippen molar-refractivity contribution in [2.75, 3.05) is 24.2 Å². The number of aryl methyl sites for hydroxylation is 1. The summed E-state index contributed by atoms with van der Waals surface area (Å²) in [6.07, 6.45) is 0. The molecule has 0 aromatic carbocycles. The molecule has 1 aromatic heterocycles. The van der Waals surface area contributed by atoms with Crippen LogP contribution in [0.1, 0.15) is 18.3 Å². The van der Waals surface area contributed by atoms with Crippen molar-refractivity contribution in [3.05, 3.63) is 11.4 Å². The highest BCUT2D eigenvalue weighted by Crippen LogP contribution is 2.24. The van der Waals surface area contributed by atoms with Crippen molar-refractivity contribution >= 4 is 17.6 Å². The van der Waals surface area contributed by atoms with Gasteiger partial charge in [-0.2, -0.15) is 0 Å². The molecule has 4 nitrogen and oxygen atoms in total. The summed E-state index contributed by atoms with van der Waals surface area (Å²) in [5.41, 5.74) is 1.06. The van der Waals surface area contributed by atoms with Gasteiger partial charge in [-0.1, -0.05) is 0 Å². The third kappa shape index (κ3) is 3.35. The molecule has 0 aliphatic rings. The first-order valence-electron chi connectivity index (χ1n) is 5.01. The zero-order valence-corrected chi connectivity index (χ0v) is 10.2. The van der Waals surface area contributed by atoms with Gasteiger partial charge in [0.05, 0.1) is 6.61 Å². The lowest BCUT2D eigenvalue weighted by Gasteiger charge is -2.10. The van der Waals surface area contributed by atoms with Crippen molar-refractivity contribution in [3.8, 4) is 0 Å². The minimum absolute atomic E-state index is 0.170. The van der Waals surface area contributed by atoms with Crippen LogP contribution in [0.25, 0.3) is 0 Å². The van der Waals surface area contributed by atoms with E-state index in [1.54, 1.807) is 11.8 Å². The second-order valence-electron chi connectivity index (χ2n) is 3.15. The first-order valence-corrected chi connectivity index (χ1v) is 6.00. The summed E-state index contributed by atoms with van der Waals surface area (Å²) < 4.78 is 0. The Morgan fingerprint density at radius 1 is 1.33 bits per heavy atom. The van der Waals surface area contributed by atoms with Crippen LogP contribution in [0, 0.1) is 13.8 Å². The maximum Gasteiger partial charge on any atom is 0.133 e. The molecule has 5 heteroatoms. The van der Waals surface area contributed by atoms with Crippen molar-refractivity contribution in [1.29, 1.82) is 0 Å². The fourth-order valence-corrected chi connectivity index (χ4v) is 2.02. The highest BCUT2D eigenvalue weighted by molar-refractivity contribution is 7.99. The number of nitrogens with one attached hydrogen (secondary N) is 1. The van der Waals surface area contributed by atoms with E-state index in [9.17, 15) is 0 Å². The molecule has 1 heterocycles. The van der Waals surface area contributed by atoms with E-state index < -0.39 is 0 Å². The Morgan fingerprint density at radius 2 is 2.07 bits per heavy atom. The van der Waals surface area contributed by atoms with Gasteiger partial charge in [0.1, 0.15) is 16.7 Å². The van der Waals surface area contributed by atoms with E-state index in [2.05, 4.69) is 15.3 Å². The predicted molar refractivity (Wildman–Crippen MR) is 63.5 cm³/mol. The van der Waals surface area contributed by atoms with E-state index in [-0.39, 0.29) is 6.61 Å². The van der Waals surface area contributed by atoms with Crippen molar-refractivity contribution < 1.29 is 5.11 Å². The molecule has 1 aromatic rings. The predicted octanol–water partition coefficient (Wildman–Crippen LogP) is 1.61. The average Bonchev–Trinajstić information content (AvgIpc) is 2.21. The molecule has 0 bridgehead atoms. The molecule has 0 saturated heterocycles. The molecule has 15 heavy (non-hydrogen) atoms. The summed E-state index contributed by atoms with van der Waals surface area (Å²) in [5.74, 6) is 2.32. The molecule has 0 fully saturated rings. The smallest absolute Gasteiger partial charge is 0.133 e. The lowest BCUT2D eigenvalue weighted by Crippen LogP contribution is -2.06. The third-order valence-electron chi connectivity index (χ3n) is 1.89. The van der Waals surface area contributed by atoms with E-state index in [1.165, 1.54) is 0 Å². The SMILES string of the molecule is CCNc1nc(C)nc(SCCO)c1C. The van der Waals surface area contributed by atoms with Gasteiger partial charge in [0.25, 0.3) is 0 Å². The number of aliphatic hydroxyl groups excluding tert-OH is 1. The third-order valence-corrected chi connectivity index (χ3v) is 2.94. The van der Waals surface area contributed by atoms with Crippen LogP contribution in [-0.2, 0) is 0 Å². The van der Waals surface area contributed by atoms with Gasteiger partial charge in [-0.25, -0.2) is 9.97 Å². The van der Waals surface area contributed by atoms with Gasteiger partial charge in [-0.05, 0) is 20.8 Å². The molecular weight excluding hydrogens is 210 g/mol. The first-order chi connectivity index (χ1) is 7.19. The zero-order valence-electron chi connectivity index (χ0n) is 9.37. The quantitative estimate of drug-likeness (QED) is 0.591. The number of hydrogen-bond acceptors (Lipinski definition) is 5. The van der Waals surface area contributed by atoms with E-state index >= 15 is 0 Å². The number of nitrogens with zero attached hydrogens (tertiary/aromatic N) is 2. The minimum Gasteiger partial charge on any atom is -0.396 e. The molecule has 0 saturated carbocycles. The normalized spacial score (nSPS) is 10.4. The molecule has 0 aliphatic carbocycles. The molecule has 0 unspecified atom stereocenters. The second kappa shape index (κ2) is 5.92. The number of aliphatic hydroxyl groups is 1. The average molecular weight is 227 g/mol. The Kier molecular flexibility index (Phi) is 4.84. The van der Waals surface area contributed by atoms with Crippen molar-refractivity contribution in [2.45, 2.75) is 25.8 Å². The monoisotopic (exact) mass is 227 g/mol. The minimum atomic E-state index is 0.170. The number of thioether (sulfide) groups is 1. The Hall–Kier alpha value is -0.810. The fraction of sp³-hybridized carbons (Fsp3) is 0.600. The lowest BCUT2D eigenvalue weighted by molar-refractivity contribution is 0.322. The Morgan fingerprint density at radius 3 is 2.67 bits per heavy atom. The van der Waals surface area contributed by atoms with Crippen molar-refractivity contribution in [3.63, 3.8) is 0 Å². The maximum absolute atomic E-state index is 8.78. The van der Waals surface area contributed by atoms with Gasteiger partial charge in [0, 0.05) is 17.9 Å². The van der Waals surface area contributed by atoms with E-state index in [1.807, 2.05) is 20.8 Å². The standard InChI is InChI=1S/C10H17N3OS/c1-4-11-9-7(2)10(15-6-5-14)13-8(3)12-9/h14H,4-6H2,1-3H3,(H,11,12,13). The first kappa shape index (κ1) is 12.3. The van der Waals surface area contributed by atoms with Crippen molar-refractivity contribution in [2.24, 2.45) is 0 Å². The Bertz CT molecular complexity index is 331. The van der Waals surface area contributed by atoms with Crippen LogP contribution in [0.5, 0.6) is 0 Å². The highest BCUT2D eigenvalue weighted by atomic mass is 32.2. The molecule has 0 radical (unpaired) electrons. The Balaban J connectivity index is 2.93. The van der Waals surface area contributed by atoms with Gasteiger partial charge in [-0.15, -0.1) is 11.8 Å². The van der Waals surface area contributed by atoms with Crippen LogP contribution in [0.4, 0.5) is 5.82 Å². The largest absolute Gasteiger partial charge is 0.396 e. The number of rotatable bonds is 5. The van der Waals surface area contributed by atoms with Gasteiger partial charge >= 0.3 is 0 Å². The van der Waals surface area contributed by atoms with E-state index in [0.717, 1.165) is 28.8 Å². The molecule has 1 rings (SSSR count). The molecule has 84 valence electrons. The number of aromatic nitrogens is 2. The van der Waals surface area contributed by atoms with Crippen LogP contribution in [0.3, 0.4) is 0 Å². The fourth-order valence-electron chi connectivity index (χ4n) is 1.23. The summed E-state index contributed by atoms with van der Waals surface area (Å²) in [6, 6.07) is 0. The van der Waals surface area contributed by atoms with Gasteiger partial charge in [-0.3, -0.25) is 0 Å². The van der Waals surface area contributed by atoms with Gasteiger partial charge in [0.2, 0.25) is 0 Å². The summed E-state index contributed by atoms with van der Waals surface area (Å²) >= 11 is 1.56. The molecule has 0 atom stereocenters. The zero-order chi connectivity index (χ0) is 11.3. The Labute approximate surface area is 94.5 Å². The molecule has 0 aliphatic heterocycles.